The van der Waals surface area contributed by atoms with Crippen LogP contribution in [-0.4, -0.2) is 9.97 Å². The maximum Gasteiger partial charge on any atom is 0.231 e. The Morgan fingerprint density at radius 1 is 1.04 bits per heavy atom. The first-order chi connectivity index (χ1) is 11.2. The highest BCUT2D eigenvalue weighted by atomic mass is 32.1. The van der Waals surface area contributed by atoms with Crippen molar-refractivity contribution in [3.8, 4) is 11.6 Å². The fourth-order valence-corrected chi connectivity index (χ4v) is 4.39. The number of thiophene rings is 1. The van der Waals surface area contributed by atoms with Gasteiger partial charge in [0.2, 0.25) is 5.88 Å². The number of aryl methyl sites for hydroxylation is 2. The second kappa shape index (κ2) is 5.93. The minimum Gasteiger partial charge on any atom is -0.438 e. The number of aromatic nitrogens is 2. The lowest BCUT2D eigenvalue weighted by molar-refractivity contribution is 0.467. The highest BCUT2D eigenvalue weighted by molar-refractivity contribution is 7.18. The van der Waals surface area contributed by atoms with Crippen molar-refractivity contribution < 1.29 is 4.74 Å². The zero-order valence-electron chi connectivity index (χ0n) is 13.5. The van der Waals surface area contributed by atoms with E-state index in [4.69, 9.17) is 4.74 Å². The average molecular weight is 324 g/mol. The molecule has 0 atom stereocenters. The van der Waals surface area contributed by atoms with Crippen LogP contribution < -0.4 is 4.74 Å². The molecule has 0 aliphatic heterocycles. The summed E-state index contributed by atoms with van der Waals surface area (Å²) >= 11 is 1.80. The summed E-state index contributed by atoms with van der Waals surface area (Å²) < 4.78 is 6.11. The molecule has 23 heavy (non-hydrogen) atoms. The fraction of sp³-hybridized carbons (Fsp3) is 0.368. The molecule has 0 amide bonds. The number of rotatable bonds is 3. The number of nitrogens with zero attached hydrogens (tertiary/aromatic N) is 2. The Labute approximate surface area is 140 Å². The molecule has 0 radical (unpaired) electrons. The molecule has 1 aromatic carbocycles. The summed E-state index contributed by atoms with van der Waals surface area (Å²) in [7, 11) is 0. The molecule has 0 spiro atoms. The van der Waals surface area contributed by atoms with Crippen LogP contribution in [0.25, 0.3) is 10.2 Å². The molecular formula is C19H20N2OS. The molecule has 1 aliphatic rings. The van der Waals surface area contributed by atoms with E-state index in [2.05, 4.69) is 35.9 Å². The Morgan fingerprint density at radius 2 is 1.83 bits per heavy atom. The van der Waals surface area contributed by atoms with Gasteiger partial charge < -0.3 is 4.74 Å². The molecule has 0 unspecified atom stereocenters. The zero-order chi connectivity index (χ0) is 15.8. The SMILES string of the molecule is CC(C)c1ccc(Oc2ncnc3sc4c(c23)CCCC4)cc1. The van der Waals surface area contributed by atoms with Crippen LogP contribution >= 0.6 is 11.3 Å². The predicted molar refractivity (Wildman–Crippen MR) is 94.7 cm³/mol. The van der Waals surface area contributed by atoms with Gasteiger partial charge in [-0.2, -0.15) is 0 Å². The van der Waals surface area contributed by atoms with Crippen LogP contribution in [0, 0.1) is 0 Å². The van der Waals surface area contributed by atoms with Crippen LogP contribution in [0.2, 0.25) is 0 Å². The van der Waals surface area contributed by atoms with Gasteiger partial charge in [0.15, 0.2) is 0 Å². The van der Waals surface area contributed by atoms with Crippen LogP contribution in [0.15, 0.2) is 30.6 Å². The molecule has 2 heterocycles. The number of hydrogen-bond acceptors (Lipinski definition) is 4. The number of benzene rings is 1. The standard InChI is InChI=1S/C19H20N2OS/c1-12(2)13-7-9-14(10-8-13)22-18-17-15-5-3-4-6-16(15)23-19(17)21-11-20-18/h7-12H,3-6H2,1-2H3. The van der Waals surface area contributed by atoms with Crippen molar-refractivity contribution >= 4 is 21.6 Å². The van der Waals surface area contributed by atoms with Gasteiger partial charge in [0, 0.05) is 4.88 Å². The molecule has 0 saturated heterocycles. The van der Waals surface area contributed by atoms with E-state index in [0.29, 0.717) is 11.8 Å². The molecule has 118 valence electrons. The molecule has 0 saturated carbocycles. The molecule has 0 bridgehead atoms. The Hall–Kier alpha value is -1.94. The van der Waals surface area contributed by atoms with Gasteiger partial charge in [0.1, 0.15) is 16.9 Å². The quantitative estimate of drug-likeness (QED) is 0.639. The van der Waals surface area contributed by atoms with Gasteiger partial charge in [0.05, 0.1) is 5.39 Å². The van der Waals surface area contributed by atoms with Gasteiger partial charge >= 0.3 is 0 Å². The number of fused-ring (bicyclic) bond motifs is 3. The van der Waals surface area contributed by atoms with E-state index in [1.165, 1.54) is 35.3 Å². The molecule has 3 nitrogen and oxygen atoms in total. The summed E-state index contributed by atoms with van der Waals surface area (Å²) in [5.74, 6) is 2.07. The van der Waals surface area contributed by atoms with Crippen molar-refractivity contribution in [3.05, 3.63) is 46.6 Å². The third-order valence-corrected chi connectivity index (χ3v) is 5.68. The smallest absolute Gasteiger partial charge is 0.231 e. The minimum absolute atomic E-state index is 0.527. The van der Waals surface area contributed by atoms with Gasteiger partial charge in [-0.1, -0.05) is 26.0 Å². The highest BCUT2D eigenvalue weighted by Gasteiger charge is 2.20. The van der Waals surface area contributed by atoms with Crippen LogP contribution in [0.4, 0.5) is 0 Å². The van der Waals surface area contributed by atoms with Crippen LogP contribution in [0.1, 0.15) is 48.6 Å². The second-order valence-electron chi connectivity index (χ2n) is 6.40. The van der Waals surface area contributed by atoms with E-state index in [0.717, 1.165) is 22.4 Å². The first-order valence-corrected chi connectivity index (χ1v) is 9.07. The fourth-order valence-electron chi connectivity index (χ4n) is 3.17. The molecule has 4 heteroatoms. The van der Waals surface area contributed by atoms with E-state index >= 15 is 0 Å². The normalized spacial score (nSPS) is 14.2. The van der Waals surface area contributed by atoms with Crippen molar-refractivity contribution in [2.75, 3.05) is 0 Å². The Morgan fingerprint density at radius 3 is 2.61 bits per heavy atom. The van der Waals surface area contributed by atoms with Gasteiger partial charge in [-0.25, -0.2) is 9.97 Å². The van der Waals surface area contributed by atoms with Crippen LogP contribution in [0.3, 0.4) is 0 Å². The monoisotopic (exact) mass is 324 g/mol. The lowest BCUT2D eigenvalue weighted by Crippen LogP contribution is -1.99. The first kappa shape index (κ1) is 14.6. The van der Waals surface area contributed by atoms with E-state index in [-0.39, 0.29) is 0 Å². The molecular weight excluding hydrogens is 304 g/mol. The van der Waals surface area contributed by atoms with Crippen LogP contribution in [-0.2, 0) is 12.8 Å². The summed E-state index contributed by atoms with van der Waals surface area (Å²) in [5, 5.41) is 1.13. The van der Waals surface area contributed by atoms with Crippen molar-refractivity contribution in [2.24, 2.45) is 0 Å². The lowest BCUT2D eigenvalue weighted by atomic mass is 9.97. The van der Waals surface area contributed by atoms with Crippen molar-refractivity contribution in [2.45, 2.75) is 45.4 Å². The third-order valence-electron chi connectivity index (χ3n) is 4.48. The molecule has 4 rings (SSSR count). The summed E-state index contributed by atoms with van der Waals surface area (Å²) in [4.78, 5) is 11.4. The van der Waals surface area contributed by atoms with E-state index in [1.54, 1.807) is 17.7 Å². The second-order valence-corrected chi connectivity index (χ2v) is 7.48. The summed E-state index contributed by atoms with van der Waals surface area (Å²) in [5.41, 5.74) is 2.73. The molecule has 3 aromatic rings. The highest BCUT2D eigenvalue weighted by Crippen LogP contribution is 2.40. The third kappa shape index (κ3) is 2.72. The zero-order valence-corrected chi connectivity index (χ0v) is 14.3. The van der Waals surface area contributed by atoms with Crippen molar-refractivity contribution in [1.82, 2.24) is 9.97 Å². The molecule has 2 aromatic heterocycles. The van der Waals surface area contributed by atoms with Gasteiger partial charge in [-0.15, -0.1) is 11.3 Å². The molecule has 1 aliphatic carbocycles. The van der Waals surface area contributed by atoms with Gasteiger partial charge in [-0.3, -0.25) is 0 Å². The largest absolute Gasteiger partial charge is 0.438 e. The predicted octanol–water partition coefficient (Wildman–Crippen LogP) is 5.49. The summed E-state index contributed by atoms with van der Waals surface area (Å²) in [6.45, 7) is 4.39. The van der Waals surface area contributed by atoms with Gasteiger partial charge in [0.25, 0.3) is 0 Å². The molecule has 0 fully saturated rings. The van der Waals surface area contributed by atoms with Crippen LogP contribution in [0.5, 0.6) is 11.6 Å². The van der Waals surface area contributed by atoms with Crippen molar-refractivity contribution in [3.63, 3.8) is 0 Å². The number of ether oxygens (including phenoxy) is 1. The first-order valence-electron chi connectivity index (χ1n) is 8.25. The topological polar surface area (TPSA) is 35.0 Å². The van der Waals surface area contributed by atoms with E-state index in [9.17, 15) is 0 Å². The Kier molecular flexibility index (Phi) is 3.77. The lowest BCUT2D eigenvalue weighted by Gasteiger charge is -2.12. The Balaban J connectivity index is 1.72. The van der Waals surface area contributed by atoms with E-state index in [1.807, 2.05) is 12.1 Å². The van der Waals surface area contributed by atoms with Gasteiger partial charge in [-0.05, 0) is 54.9 Å². The maximum atomic E-state index is 6.11. The van der Waals surface area contributed by atoms with E-state index < -0.39 is 0 Å². The number of hydrogen-bond donors (Lipinski definition) is 0. The minimum atomic E-state index is 0.527. The molecule has 0 N–H and O–H groups in total. The maximum absolute atomic E-state index is 6.11. The summed E-state index contributed by atoms with van der Waals surface area (Å²) in [6.07, 6.45) is 6.42. The Bertz CT molecular complexity index is 836. The average Bonchev–Trinajstić information content (AvgIpc) is 2.95. The summed E-state index contributed by atoms with van der Waals surface area (Å²) in [6, 6.07) is 8.31. The van der Waals surface area contributed by atoms with Crippen molar-refractivity contribution in [1.29, 1.82) is 0 Å².